The Morgan fingerprint density at radius 1 is 1.00 bits per heavy atom. The molecule has 1 aliphatic carbocycles. The molecule has 1 unspecified atom stereocenters. The Morgan fingerprint density at radius 2 is 1.76 bits per heavy atom. The van der Waals surface area contributed by atoms with Crippen molar-refractivity contribution >= 4 is 6.08 Å². The molecule has 3 aromatic rings. The van der Waals surface area contributed by atoms with Gasteiger partial charge in [-0.3, -0.25) is 9.97 Å². The number of alkyl halides is 3. The lowest BCUT2D eigenvalue weighted by molar-refractivity contribution is -0.160. The van der Waals surface area contributed by atoms with Crippen molar-refractivity contribution in [3.8, 4) is 22.6 Å². The zero-order valence-electron chi connectivity index (χ0n) is 12.9. The summed E-state index contributed by atoms with van der Waals surface area (Å²) in [5, 5.41) is 0. The highest BCUT2D eigenvalue weighted by Crippen LogP contribution is 2.37. The third-order valence-electron chi connectivity index (χ3n) is 4.08. The summed E-state index contributed by atoms with van der Waals surface area (Å²) < 4.78 is 44.5. The minimum Gasteiger partial charge on any atom is -0.436 e. The van der Waals surface area contributed by atoms with Gasteiger partial charge in [-0.25, -0.2) is 4.98 Å². The molecule has 0 radical (unpaired) electrons. The van der Waals surface area contributed by atoms with Gasteiger partial charge in [0, 0.05) is 42.3 Å². The van der Waals surface area contributed by atoms with E-state index in [2.05, 4.69) is 15.0 Å². The quantitative estimate of drug-likeness (QED) is 0.685. The Bertz CT molecular complexity index is 932. The zero-order chi connectivity index (χ0) is 17.4. The van der Waals surface area contributed by atoms with Gasteiger partial charge in [0.2, 0.25) is 5.89 Å². The molecule has 0 saturated carbocycles. The molecule has 0 aliphatic heterocycles. The van der Waals surface area contributed by atoms with Gasteiger partial charge >= 0.3 is 6.18 Å². The number of rotatable bonds is 2. The second-order valence-electron chi connectivity index (χ2n) is 5.70. The van der Waals surface area contributed by atoms with Crippen LogP contribution in [0.15, 0.2) is 53.5 Å². The second-order valence-corrected chi connectivity index (χ2v) is 5.70. The first-order valence-corrected chi connectivity index (χ1v) is 7.62. The van der Waals surface area contributed by atoms with Crippen LogP contribution in [0.3, 0.4) is 0 Å². The van der Waals surface area contributed by atoms with Crippen LogP contribution in [-0.2, 0) is 6.42 Å². The van der Waals surface area contributed by atoms with Crippen LogP contribution >= 0.6 is 0 Å². The predicted molar refractivity (Wildman–Crippen MR) is 85.2 cm³/mol. The van der Waals surface area contributed by atoms with Gasteiger partial charge in [0.1, 0.15) is 0 Å². The maximum Gasteiger partial charge on any atom is 0.395 e. The normalized spacial score (nSPS) is 16.7. The van der Waals surface area contributed by atoms with Gasteiger partial charge in [-0.15, -0.1) is 0 Å². The summed E-state index contributed by atoms with van der Waals surface area (Å²) in [5.41, 5.74) is 2.64. The standard InChI is InChI=1S/C18H12F3N3O/c19-18(20,21)12-1-2-16-15(9-12)24-17(25-16)13-5-8-23-10-14(13)11-3-6-22-7-4-11/h1-8,10,12H,9H2. The molecule has 0 fully saturated rings. The Labute approximate surface area is 141 Å². The molecular weight excluding hydrogens is 331 g/mol. The predicted octanol–water partition coefficient (Wildman–Crippen LogP) is 4.55. The molecule has 3 aromatic heterocycles. The topological polar surface area (TPSA) is 51.8 Å². The molecular formula is C18H12F3N3O. The van der Waals surface area contributed by atoms with Crippen molar-refractivity contribution in [2.45, 2.75) is 12.6 Å². The zero-order valence-corrected chi connectivity index (χ0v) is 12.9. The third-order valence-corrected chi connectivity index (χ3v) is 4.08. The molecule has 25 heavy (non-hydrogen) atoms. The summed E-state index contributed by atoms with van der Waals surface area (Å²) in [4.78, 5) is 12.4. The lowest BCUT2D eigenvalue weighted by Crippen LogP contribution is -2.24. The Kier molecular flexibility index (Phi) is 3.63. The molecule has 1 atom stereocenters. The molecule has 0 bridgehead atoms. The Balaban J connectivity index is 1.75. The van der Waals surface area contributed by atoms with E-state index in [1.165, 1.54) is 6.08 Å². The number of oxazole rings is 1. The van der Waals surface area contributed by atoms with Crippen molar-refractivity contribution in [1.29, 1.82) is 0 Å². The van der Waals surface area contributed by atoms with Crippen molar-refractivity contribution in [2.24, 2.45) is 5.92 Å². The smallest absolute Gasteiger partial charge is 0.395 e. The number of halogens is 3. The van der Waals surface area contributed by atoms with Gasteiger partial charge in [0.05, 0.1) is 11.6 Å². The molecule has 0 N–H and O–H groups in total. The molecule has 7 heteroatoms. The number of pyridine rings is 2. The van der Waals surface area contributed by atoms with Crippen LogP contribution in [0, 0.1) is 5.92 Å². The first kappa shape index (κ1) is 15.6. The first-order valence-electron chi connectivity index (χ1n) is 7.62. The van der Waals surface area contributed by atoms with E-state index in [-0.39, 0.29) is 12.3 Å². The molecule has 1 aliphatic rings. The average Bonchev–Trinajstić information content (AvgIpc) is 3.05. The molecule has 126 valence electrons. The van der Waals surface area contributed by atoms with Crippen molar-refractivity contribution in [1.82, 2.24) is 15.0 Å². The van der Waals surface area contributed by atoms with Crippen LogP contribution in [0.2, 0.25) is 0 Å². The SMILES string of the molecule is FC(F)(F)C1C=Cc2oc(-c3ccncc3-c3ccncc3)nc2C1. The van der Waals surface area contributed by atoms with E-state index in [0.717, 1.165) is 17.2 Å². The fourth-order valence-electron chi connectivity index (χ4n) is 2.80. The Morgan fingerprint density at radius 3 is 2.52 bits per heavy atom. The van der Waals surface area contributed by atoms with E-state index in [1.807, 2.05) is 12.1 Å². The lowest BCUT2D eigenvalue weighted by atomic mass is 9.96. The van der Waals surface area contributed by atoms with Crippen LogP contribution < -0.4 is 0 Å². The van der Waals surface area contributed by atoms with Crippen LogP contribution in [0.4, 0.5) is 13.2 Å². The van der Waals surface area contributed by atoms with Gasteiger partial charge in [-0.1, -0.05) is 6.08 Å². The maximum absolute atomic E-state index is 12.9. The highest BCUT2D eigenvalue weighted by atomic mass is 19.4. The lowest BCUT2D eigenvalue weighted by Gasteiger charge is -2.17. The second kappa shape index (κ2) is 5.84. The monoisotopic (exact) mass is 343 g/mol. The van der Waals surface area contributed by atoms with Crippen molar-refractivity contribution < 1.29 is 17.6 Å². The average molecular weight is 343 g/mol. The fraction of sp³-hybridized carbons (Fsp3) is 0.167. The highest BCUT2D eigenvalue weighted by Gasteiger charge is 2.40. The summed E-state index contributed by atoms with van der Waals surface area (Å²) in [6.07, 6.45) is 4.54. The van der Waals surface area contributed by atoms with Crippen molar-refractivity contribution in [3.05, 3.63) is 60.5 Å². The van der Waals surface area contributed by atoms with Crippen molar-refractivity contribution in [2.75, 3.05) is 0 Å². The summed E-state index contributed by atoms with van der Waals surface area (Å²) in [5.74, 6) is -0.880. The molecule has 0 spiro atoms. The van der Waals surface area contributed by atoms with Gasteiger partial charge in [0.15, 0.2) is 5.76 Å². The van der Waals surface area contributed by atoms with E-state index in [4.69, 9.17) is 4.42 Å². The molecule has 4 nitrogen and oxygen atoms in total. The van der Waals surface area contributed by atoms with Gasteiger partial charge in [-0.05, 0) is 29.8 Å². The largest absolute Gasteiger partial charge is 0.436 e. The number of hydrogen-bond donors (Lipinski definition) is 0. The van der Waals surface area contributed by atoms with Crippen LogP contribution in [-0.4, -0.2) is 21.1 Å². The van der Waals surface area contributed by atoms with E-state index in [1.54, 1.807) is 30.9 Å². The maximum atomic E-state index is 12.9. The number of hydrogen-bond acceptors (Lipinski definition) is 4. The summed E-state index contributed by atoms with van der Waals surface area (Å²) >= 11 is 0. The molecule has 0 amide bonds. The number of nitrogens with zero attached hydrogens (tertiary/aromatic N) is 3. The fourth-order valence-corrected chi connectivity index (χ4v) is 2.80. The van der Waals surface area contributed by atoms with Crippen LogP contribution in [0.25, 0.3) is 28.7 Å². The van der Waals surface area contributed by atoms with Crippen LogP contribution in [0.5, 0.6) is 0 Å². The summed E-state index contributed by atoms with van der Waals surface area (Å²) in [6, 6.07) is 5.38. The summed E-state index contributed by atoms with van der Waals surface area (Å²) in [7, 11) is 0. The Hall–Kier alpha value is -2.96. The van der Waals surface area contributed by atoms with E-state index < -0.39 is 12.1 Å². The van der Waals surface area contributed by atoms with Gasteiger partial charge in [-0.2, -0.15) is 13.2 Å². The minimum atomic E-state index is -4.29. The number of allylic oxidation sites excluding steroid dienone is 1. The highest BCUT2D eigenvalue weighted by molar-refractivity contribution is 5.79. The first-order chi connectivity index (χ1) is 12.0. The van der Waals surface area contributed by atoms with Gasteiger partial charge in [0.25, 0.3) is 0 Å². The number of aromatic nitrogens is 3. The summed E-state index contributed by atoms with van der Waals surface area (Å²) in [6.45, 7) is 0. The van der Waals surface area contributed by atoms with Gasteiger partial charge < -0.3 is 4.42 Å². The number of fused-ring (bicyclic) bond motifs is 1. The minimum absolute atomic E-state index is 0.214. The van der Waals surface area contributed by atoms with E-state index in [0.29, 0.717) is 17.0 Å². The third kappa shape index (κ3) is 2.93. The molecule has 3 heterocycles. The molecule has 4 rings (SSSR count). The van der Waals surface area contributed by atoms with Crippen molar-refractivity contribution in [3.63, 3.8) is 0 Å². The van der Waals surface area contributed by atoms with E-state index in [9.17, 15) is 13.2 Å². The molecule has 0 saturated heterocycles. The van der Waals surface area contributed by atoms with E-state index >= 15 is 0 Å². The van der Waals surface area contributed by atoms with Crippen LogP contribution in [0.1, 0.15) is 11.5 Å². The molecule has 0 aromatic carbocycles.